The maximum absolute atomic E-state index is 13.2. The van der Waals surface area contributed by atoms with Crippen molar-refractivity contribution in [1.82, 2.24) is 15.1 Å². The molecule has 5 rings (SSSR count). The summed E-state index contributed by atoms with van der Waals surface area (Å²) in [6.45, 7) is 7.19. The minimum Gasteiger partial charge on any atom is -0.493 e. The van der Waals surface area contributed by atoms with Gasteiger partial charge in [0.05, 0.1) is 24.6 Å². The number of nitrogens with zero attached hydrogens (tertiary/aromatic N) is 3. The summed E-state index contributed by atoms with van der Waals surface area (Å²) in [6, 6.07) is 16.4. The first-order chi connectivity index (χ1) is 18.3. The first-order valence-electron chi connectivity index (χ1n) is 13.4. The molecule has 2 saturated heterocycles. The van der Waals surface area contributed by atoms with Crippen LogP contribution in [0.4, 0.5) is 0 Å². The second kappa shape index (κ2) is 10.2. The van der Waals surface area contributed by atoms with Gasteiger partial charge in [-0.2, -0.15) is 5.26 Å². The summed E-state index contributed by atoms with van der Waals surface area (Å²) in [5.74, 6) is -0.277. The SMILES string of the molecule is Cc1cccc(C2(C#N)CCN(CCCOc3cccc4c3CN([C@@]3(C)CCC(=O)NC3=O)C4=O)CC2)c1. The number of nitriles is 1. The fourth-order valence-corrected chi connectivity index (χ4v) is 5.93. The third kappa shape index (κ3) is 4.67. The van der Waals surface area contributed by atoms with Gasteiger partial charge in [-0.3, -0.25) is 19.7 Å². The summed E-state index contributed by atoms with van der Waals surface area (Å²) < 4.78 is 6.13. The number of fused-ring (bicyclic) bond motifs is 1. The van der Waals surface area contributed by atoms with Gasteiger partial charge in [-0.1, -0.05) is 35.9 Å². The Bertz CT molecular complexity index is 1310. The van der Waals surface area contributed by atoms with E-state index >= 15 is 0 Å². The largest absolute Gasteiger partial charge is 0.493 e. The van der Waals surface area contributed by atoms with Gasteiger partial charge in [0, 0.05) is 24.1 Å². The van der Waals surface area contributed by atoms with Gasteiger partial charge >= 0.3 is 0 Å². The summed E-state index contributed by atoms with van der Waals surface area (Å²) in [4.78, 5) is 41.4. The molecule has 0 saturated carbocycles. The highest BCUT2D eigenvalue weighted by Gasteiger charge is 2.49. The van der Waals surface area contributed by atoms with Crippen molar-refractivity contribution in [3.8, 4) is 11.8 Å². The first kappa shape index (κ1) is 25.9. The standard InChI is InChI=1S/C30H34N4O4/c1-21-6-3-7-22(18-21)30(20-31)12-15-33(16-13-30)14-5-17-38-25-9-4-8-23-24(25)19-34(27(23)36)29(2)11-10-26(35)32-28(29)37/h3-4,6-9,18H,5,10-17,19H2,1-2H3,(H,32,35,37)/t29-/m0/s1. The van der Waals surface area contributed by atoms with Gasteiger partial charge in [0.15, 0.2) is 0 Å². The lowest BCUT2D eigenvalue weighted by atomic mass is 9.73. The van der Waals surface area contributed by atoms with Crippen LogP contribution in [0, 0.1) is 18.3 Å². The van der Waals surface area contributed by atoms with Gasteiger partial charge < -0.3 is 14.5 Å². The predicted octanol–water partition coefficient (Wildman–Crippen LogP) is 3.47. The van der Waals surface area contributed by atoms with Crippen LogP contribution < -0.4 is 10.1 Å². The summed E-state index contributed by atoms with van der Waals surface area (Å²) >= 11 is 0. The van der Waals surface area contributed by atoms with Crippen molar-refractivity contribution in [1.29, 1.82) is 5.26 Å². The number of ether oxygens (including phenoxy) is 1. The zero-order valence-electron chi connectivity index (χ0n) is 22.1. The zero-order valence-corrected chi connectivity index (χ0v) is 22.1. The van der Waals surface area contributed by atoms with Crippen molar-refractivity contribution in [3.05, 3.63) is 64.7 Å². The quantitative estimate of drug-likeness (QED) is 0.448. The number of hydrogen-bond donors (Lipinski definition) is 1. The van der Waals surface area contributed by atoms with Gasteiger partial charge in [-0.15, -0.1) is 0 Å². The topological polar surface area (TPSA) is 103 Å². The third-order valence-corrected chi connectivity index (χ3v) is 8.47. The van der Waals surface area contributed by atoms with Crippen LogP contribution in [0.5, 0.6) is 5.75 Å². The van der Waals surface area contributed by atoms with Crippen LogP contribution in [-0.2, 0) is 21.5 Å². The number of aryl methyl sites for hydroxylation is 1. The van der Waals surface area contributed by atoms with Crippen molar-refractivity contribution in [2.75, 3.05) is 26.2 Å². The molecule has 3 aliphatic heterocycles. The summed E-state index contributed by atoms with van der Waals surface area (Å²) in [7, 11) is 0. The molecule has 3 amide bonds. The van der Waals surface area contributed by atoms with E-state index in [1.165, 1.54) is 5.56 Å². The Morgan fingerprint density at radius 3 is 2.55 bits per heavy atom. The number of imide groups is 1. The van der Waals surface area contributed by atoms with Gasteiger partial charge in [-0.25, -0.2) is 0 Å². The van der Waals surface area contributed by atoms with Crippen LogP contribution >= 0.6 is 0 Å². The molecule has 198 valence electrons. The second-order valence-electron chi connectivity index (χ2n) is 10.9. The maximum atomic E-state index is 13.2. The second-order valence-corrected chi connectivity index (χ2v) is 10.9. The van der Waals surface area contributed by atoms with Gasteiger partial charge in [0.2, 0.25) is 5.91 Å². The van der Waals surface area contributed by atoms with E-state index < -0.39 is 16.9 Å². The maximum Gasteiger partial charge on any atom is 0.255 e. The summed E-state index contributed by atoms with van der Waals surface area (Å²) in [6.07, 6.45) is 2.97. The van der Waals surface area contributed by atoms with Crippen LogP contribution in [0.2, 0.25) is 0 Å². The van der Waals surface area contributed by atoms with Gasteiger partial charge in [0.25, 0.3) is 11.8 Å². The fourth-order valence-electron chi connectivity index (χ4n) is 5.93. The number of piperidine rings is 2. The highest BCUT2D eigenvalue weighted by molar-refractivity contribution is 6.07. The lowest BCUT2D eigenvalue weighted by molar-refractivity contribution is -0.142. The number of amides is 3. The number of carbonyl (C=O) groups is 3. The van der Waals surface area contributed by atoms with E-state index in [9.17, 15) is 19.6 Å². The molecular formula is C30H34N4O4. The molecule has 3 aliphatic rings. The van der Waals surface area contributed by atoms with E-state index in [-0.39, 0.29) is 24.8 Å². The van der Waals surface area contributed by atoms with Crippen molar-refractivity contribution in [2.45, 2.75) is 63.5 Å². The third-order valence-electron chi connectivity index (χ3n) is 8.47. The van der Waals surface area contributed by atoms with Crippen LogP contribution in [0.3, 0.4) is 0 Å². The monoisotopic (exact) mass is 514 g/mol. The number of rotatable bonds is 7. The Morgan fingerprint density at radius 2 is 1.84 bits per heavy atom. The van der Waals surface area contributed by atoms with Crippen molar-refractivity contribution in [2.24, 2.45) is 0 Å². The smallest absolute Gasteiger partial charge is 0.255 e. The Kier molecular flexibility index (Phi) is 6.97. The molecule has 2 fully saturated rings. The minimum atomic E-state index is -1.06. The molecule has 2 aromatic rings. The van der Waals surface area contributed by atoms with Crippen LogP contribution in [-0.4, -0.2) is 59.3 Å². The summed E-state index contributed by atoms with van der Waals surface area (Å²) in [5.41, 5.74) is 2.16. The number of carbonyl (C=O) groups excluding carboxylic acids is 3. The molecule has 1 N–H and O–H groups in total. The van der Waals surface area contributed by atoms with Crippen molar-refractivity contribution >= 4 is 17.7 Å². The molecule has 8 heteroatoms. The molecule has 2 aromatic carbocycles. The molecule has 0 spiro atoms. The Morgan fingerprint density at radius 1 is 1.08 bits per heavy atom. The van der Waals surface area contributed by atoms with Crippen LogP contribution in [0.1, 0.15) is 66.1 Å². The van der Waals surface area contributed by atoms with Gasteiger partial charge in [-0.05, 0) is 70.3 Å². The minimum absolute atomic E-state index is 0.208. The van der Waals surface area contributed by atoms with E-state index in [0.29, 0.717) is 24.3 Å². The van der Waals surface area contributed by atoms with E-state index in [4.69, 9.17) is 4.74 Å². The Hall–Kier alpha value is -3.70. The number of hydrogen-bond acceptors (Lipinski definition) is 6. The number of benzene rings is 2. The van der Waals surface area contributed by atoms with E-state index in [1.54, 1.807) is 24.0 Å². The lowest BCUT2D eigenvalue weighted by Gasteiger charge is -2.39. The average molecular weight is 515 g/mol. The number of nitrogens with one attached hydrogen (secondary N) is 1. The van der Waals surface area contributed by atoms with E-state index in [0.717, 1.165) is 50.0 Å². The van der Waals surface area contributed by atoms with Crippen LogP contribution in [0.15, 0.2) is 42.5 Å². The number of likely N-dealkylation sites (tertiary alicyclic amines) is 1. The highest BCUT2D eigenvalue weighted by Crippen LogP contribution is 2.38. The van der Waals surface area contributed by atoms with Crippen LogP contribution in [0.25, 0.3) is 0 Å². The summed E-state index contributed by atoms with van der Waals surface area (Å²) in [5, 5.41) is 12.4. The lowest BCUT2D eigenvalue weighted by Crippen LogP contribution is -2.61. The molecule has 0 aliphatic carbocycles. The molecule has 8 nitrogen and oxygen atoms in total. The van der Waals surface area contributed by atoms with Crippen molar-refractivity contribution < 1.29 is 19.1 Å². The normalized spacial score (nSPS) is 23.1. The molecule has 1 atom stereocenters. The van der Waals surface area contributed by atoms with Gasteiger partial charge in [0.1, 0.15) is 11.3 Å². The van der Waals surface area contributed by atoms with E-state index in [2.05, 4.69) is 41.4 Å². The van der Waals surface area contributed by atoms with E-state index in [1.807, 2.05) is 12.1 Å². The molecule has 0 radical (unpaired) electrons. The Balaban J connectivity index is 1.15. The molecule has 0 aromatic heterocycles. The first-order valence-corrected chi connectivity index (χ1v) is 13.4. The highest BCUT2D eigenvalue weighted by atomic mass is 16.5. The van der Waals surface area contributed by atoms with Crippen molar-refractivity contribution in [3.63, 3.8) is 0 Å². The predicted molar refractivity (Wildman–Crippen MR) is 141 cm³/mol. The molecule has 3 heterocycles. The molecule has 0 bridgehead atoms. The molecule has 0 unspecified atom stereocenters. The zero-order chi connectivity index (χ0) is 26.9. The Labute approximate surface area is 223 Å². The molecule has 38 heavy (non-hydrogen) atoms. The fraction of sp³-hybridized carbons (Fsp3) is 0.467. The molecular weight excluding hydrogens is 480 g/mol. The average Bonchev–Trinajstić information content (AvgIpc) is 3.27.